The molecule has 1 aliphatic heterocycles. The Bertz CT molecular complexity index is 982. The molecular formula is C20H23ClN6O. The molecule has 0 atom stereocenters. The van der Waals surface area contributed by atoms with Crippen LogP contribution in [0.3, 0.4) is 0 Å². The number of hydroxylamine groups is 1. The van der Waals surface area contributed by atoms with Crippen molar-refractivity contribution in [3.63, 3.8) is 0 Å². The average molecular weight is 399 g/mol. The summed E-state index contributed by atoms with van der Waals surface area (Å²) >= 11 is 6.00. The predicted octanol–water partition coefficient (Wildman–Crippen LogP) is 3.86. The zero-order valence-corrected chi connectivity index (χ0v) is 16.3. The lowest BCUT2D eigenvalue weighted by atomic mass is 10.1. The maximum absolute atomic E-state index is 10.5. The summed E-state index contributed by atoms with van der Waals surface area (Å²) in [5.41, 5.74) is 2.16. The van der Waals surface area contributed by atoms with Gasteiger partial charge in [0.2, 0.25) is 0 Å². The number of likely N-dealkylation sites (tertiary alicyclic amines) is 1. The molecule has 0 aliphatic carbocycles. The van der Waals surface area contributed by atoms with Crippen LogP contribution in [0.15, 0.2) is 36.5 Å². The van der Waals surface area contributed by atoms with Crippen LogP contribution in [0.1, 0.15) is 30.7 Å². The van der Waals surface area contributed by atoms with Gasteiger partial charge in [-0.05, 0) is 50.2 Å². The number of amidine groups is 1. The van der Waals surface area contributed by atoms with Gasteiger partial charge in [0.15, 0.2) is 11.5 Å². The second-order valence-electron chi connectivity index (χ2n) is 7.03. The van der Waals surface area contributed by atoms with E-state index in [9.17, 15) is 5.21 Å². The van der Waals surface area contributed by atoms with Crippen LogP contribution in [0.25, 0.3) is 11.2 Å². The monoisotopic (exact) mass is 398 g/mol. The summed E-state index contributed by atoms with van der Waals surface area (Å²) in [5, 5.41) is 20.2. The SMILES string of the molecule is N=C(c1ccnc2nc(CCN3CCCCC3)[nH]c12)N(O)c1cccc(Cl)c1. The van der Waals surface area contributed by atoms with Gasteiger partial charge >= 0.3 is 0 Å². The van der Waals surface area contributed by atoms with Crippen LogP contribution in [0.2, 0.25) is 5.02 Å². The van der Waals surface area contributed by atoms with E-state index in [1.54, 1.807) is 36.5 Å². The topological polar surface area (TPSA) is 92.1 Å². The minimum Gasteiger partial charge on any atom is -0.340 e. The molecule has 28 heavy (non-hydrogen) atoms. The largest absolute Gasteiger partial charge is 0.340 e. The minimum absolute atomic E-state index is 0.0686. The van der Waals surface area contributed by atoms with Gasteiger partial charge in [-0.3, -0.25) is 10.6 Å². The second-order valence-corrected chi connectivity index (χ2v) is 7.47. The number of benzene rings is 1. The molecule has 3 heterocycles. The molecule has 1 aromatic carbocycles. The number of nitrogens with one attached hydrogen (secondary N) is 2. The Hall–Kier alpha value is -2.48. The van der Waals surface area contributed by atoms with Crippen molar-refractivity contribution in [2.75, 3.05) is 24.7 Å². The summed E-state index contributed by atoms with van der Waals surface area (Å²) in [6.07, 6.45) is 6.26. The lowest BCUT2D eigenvalue weighted by Crippen LogP contribution is -2.31. The van der Waals surface area contributed by atoms with Gasteiger partial charge in [-0.25, -0.2) is 15.0 Å². The van der Waals surface area contributed by atoms with Gasteiger partial charge in [-0.15, -0.1) is 0 Å². The highest BCUT2D eigenvalue weighted by atomic mass is 35.5. The van der Waals surface area contributed by atoms with Crippen LogP contribution in [0, 0.1) is 5.41 Å². The number of pyridine rings is 1. The van der Waals surface area contributed by atoms with E-state index in [-0.39, 0.29) is 5.84 Å². The molecule has 3 aromatic rings. The van der Waals surface area contributed by atoms with Gasteiger partial charge in [0.25, 0.3) is 0 Å². The van der Waals surface area contributed by atoms with Gasteiger partial charge in [-0.1, -0.05) is 24.1 Å². The quantitative estimate of drug-likeness (QED) is 0.345. The number of hydrogen-bond acceptors (Lipinski definition) is 5. The first-order chi connectivity index (χ1) is 13.6. The maximum Gasteiger partial charge on any atom is 0.178 e. The zero-order valence-electron chi connectivity index (χ0n) is 15.5. The molecule has 1 saturated heterocycles. The number of fused-ring (bicyclic) bond motifs is 1. The van der Waals surface area contributed by atoms with Crippen LogP contribution in [-0.4, -0.2) is 50.5 Å². The van der Waals surface area contributed by atoms with Crippen LogP contribution in [-0.2, 0) is 6.42 Å². The first-order valence-corrected chi connectivity index (χ1v) is 9.89. The van der Waals surface area contributed by atoms with Crippen molar-refractivity contribution in [2.24, 2.45) is 0 Å². The normalized spacial score (nSPS) is 15.1. The number of anilines is 1. The lowest BCUT2D eigenvalue weighted by Gasteiger charge is -2.25. The molecule has 2 aromatic heterocycles. The molecule has 146 valence electrons. The van der Waals surface area contributed by atoms with Crippen LogP contribution in [0.4, 0.5) is 5.69 Å². The molecule has 0 spiro atoms. The number of rotatable bonds is 5. The Balaban J connectivity index is 1.55. The third kappa shape index (κ3) is 4.01. The number of nitrogens with zero attached hydrogens (tertiary/aromatic N) is 4. The summed E-state index contributed by atoms with van der Waals surface area (Å²) in [4.78, 5) is 14.6. The van der Waals surface area contributed by atoms with Gasteiger partial charge in [0, 0.05) is 29.7 Å². The molecule has 1 aliphatic rings. The van der Waals surface area contributed by atoms with Crippen molar-refractivity contribution < 1.29 is 5.21 Å². The molecule has 7 nitrogen and oxygen atoms in total. The Morgan fingerprint density at radius 1 is 1.25 bits per heavy atom. The Labute approximate surface area is 168 Å². The maximum atomic E-state index is 10.5. The third-order valence-electron chi connectivity index (χ3n) is 5.07. The third-order valence-corrected chi connectivity index (χ3v) is 5.31. The van der Waals surface area contributed by atoms with Crippen molar-refractivity contribution >= 4 is 34.3 Å². The van der Waals surface area contributed by atoms with E-state index < -0.39 is 0 Å². The molecule has 0 saturated carbocycles. The first kappa shape index (κ1) is 18.9. The first-order valence-electron chi connectivity index (χ1n) is 9.51. The fraction of sp³-hybridized carbons (Fsp3) is 0.350. The van der Waals surface area contributed by atoms with Crippen molar-refractivity contribution in [3.8, 4) is 0 Å². The van der Waals surface area contributed by atoms with Crippen LogP contribution < -0.4 is 5.06 Å². The highest BCUT2D eigenvalue weighted by molar-refractivity contribution is 6.31. The van der Waals surface area contributed by atoms with Crippen LogP contribution in [0.5, 0.6) is 0 Å². The van der Waals surface area contributed by atoms with E-state index in [1.165, 1.54) is 19.3 Å². The molecule has 0 bridgehead atoms. The van der Waals surface area contributed by atoms with Gasteiger partial charge in [0.05, 0.1) is 11.2 Å². The summed E-state index contributed by atoms with van der Waals surface area (Å²) in [5.74, 6) is 0.779. The van der Waals surface area contributed by atoms with Crippen molar-refractivity contribution in [2.45, 2.75) is 25.7 Å². The molecule has 8 heteroatoms. The molecule has 0 amide bonds. The van der Waals surface area contributed by atoms with E-state index in [1.807, 2.05) is 0 Å². The molecule has 1 fully saturated rings. The smallest absolute Gasteiger partial charge is 0.178 e. The Kier molecular flexibility index (Phi) is 5.57. The van der Waals surface area contributed by atoms with Gasteiger partial charge in [0.1, 0.15) is 5.82 Å². The summed E-state index contributed by atoms with van der Waals surface area (Å²) in [6, 6.07) is 8.44. The summed E-state index contributed by atoms with van der Waals surface area (Å²) in [7, 11) is 0. The van der Waals surface area contributed by atoms with E-state index in [4.69, 9.17) is 17.0 Å². The van der Waals surface area contributed by atoms with E-state index >= 15 is 0 Å². The standard InChI is InChI=1S/C20H23ClN6O/c21-14-5-4-6-15(13-14)27(28)19(22)16-7-9-23-20-18(16)24-17(25-20)8-12-26-10-2-1-3-11-26/h4-7,9,13,22,28H,1-3,8,10-12H2,(H,23,24,25). The number of imidazole rings is 1. The highest BCUT2D eigenvalue weighted by Crippen LogP contribution is 2.22. The molecule has 4 rings (SSSR count). The number of halogens is 1. The van der Waals surface area contributed by atoms with Gasteiger partial charge in [-0.2, -0.15) is 0 Å². The number of aromatic amines is 1. The van der Waals surface area contributed by atoms with E-state index in [0.717, 1.165) is 36.9 Å². The Morgan fingerprint density at radius 2 is 2.07 bits per heavy atom. The summed E-state index contributed by atoms with van der Waals surface area (Å²) < 4.78 is 0. The Morgan fingerprint density at radius 3 is 2.86 bits per heavy atom. The molecule has 3 N–H and O–H groups in total. The lowest BCUT2D eigenvalue weighted by molar-refractivity contribution is 0.230. The molecule has 0 radical (unpaired) electrons. The average Bonchev–Trinajstić information content (AvgIpc) is 3.15. The second kappa shape index (κ2) is 8.26. The fourth-order valence-electron chi connectivity index (χ4n) is 3.57. The molecule has 0 unspecified atom stereocenters. The van der Waals surface area contributed by atoms with Crippen molar-refractivity contribution in [3.05, 3.63) is 52.9 Å². The zero-order chi connectivity index (χ0) is 19.5. The van der Waals surface area contributed by atoms with Crippen molar-refractivity contribution in [1.82, 2.24) is 19.9 Å². The minimum atomic E-state index is -0.0686. The summed E-state index contributed by atoms with van der Waals surface area (Å²) in [6.45, 7) is 3.25. The highest BCUT2D eigenvalue weighted by Gasteiger charge is 2.18. The molecular weight excluding hydrogens is 376 g/mol. The van der Waals surface area contributed by atoms with Crippen LogP contribution >= 0.6 is 11.6 Å². The number of H-pyrrole nitrogens is 1. The number of aromatic nitrogens is 3. The van der Waals surface area contributed by atoms with E-state index in [2.05, 4.69) is 19.9 Å². The van der Waals surface area contributed by atoms with E-state index in [0.29, 0.717) is 27.4 Å². The number of piperidine rings is 1. The van der Waals surface area contributed by atoms with Crippen molar-refractivity contribution in [1.29, 1.82) is 5.41 Å². The fourth-order valence-corrected chi connectivity index (χ4v) is 3.76. The number of hydrogen-bond donors (Lipinski definition) is 3. The van der Waals surface area contributed by atoms with Gasteiger partial charge < -0.3 is 9.88 Å². The predicted molar refractivity (Wildman–Crippen MR) is 110 cm³/mol.